The first kappa shape index (κ1) is 47.2. The number of rotatable bonds is 16. The number of aryl methyl sites for hydroxylation is 2. The molecule has 4 aliphatic carbocycles. The molecule has 4 aliphatic rings. The summed E-state index contributed by atoms with van der Waals surface area (Å²) in [7, 11) is 3.00. The molecule has 0 amide bonds. The monoisotopic (exact) mass is 968 g/mol. The number of esters is 1. The number of pyridine rings is 2. The van der Waals surface area contributed by atoms with Gasteiger partial charge in [0, 0.05) is 63.8 Å². The highest BCUT2D eigenvalue weighted by Gasteiger charge is 2.51. The number of aliphatic carboxylic acids is 1. The van der Waals surface area contributed by atoms with E-state index in [1.165, 1.54) is 84.5 Å². The van der Waals surface area contributed by atoms with Crippen LogP contribution in [0.4, 0.5) is 17.1 Å². The van der Waals surface area contributed by atoms with Crippen molar-refractivity contribution in [2.24, 2.45) is 35.5 Å². The minimum Gasteiger partial charge on any atom is -0.494 e. The van der Waals surface area contributed by atoms with Crippen LogP contribution in [0.15, 0.2) is 102 Å². The van der Waals surface area contributed by atoms with Crippen LogP contribution < -0.4 is 19.7 Å². The van der Waals surface area contributed by atoms with Gasteiger partial charge in [-0.05, 0) is 127 Å². The fourth-order valence-electron chi connectivity index (χ4n) is 8.54. The first-order valence-electron chi connectivity index (χ1n) is 23.1. The lowest BCUT2D eigenvalue weighted by Gasteiger charge is -2.27. The molecule has 13 heteroatoms. The van der Waals surface area contributed by atoms with E-state index in [9.17, 15) is 24.3 Å². The van der Waals surface area contributed by atoms with Crippen LogP contribution in [0, 0.1) is 49.4 Å². The number of carboxylic acid groups (broad SMARTS) is 1. The predicted octanol–water partition coefficient (Wildman–Crippen LogP) is 11.2. The molecule has 348 valence electrons. The third kappa shape index (κ3) is 11.1. The van der Waals surface area contributed by atoms with Gasteiger partial charge in [-0.15, -0.1) is 0 Å². The maximum atomic E-state index is 12.8. The number of hydrogen-bond donors (Lipinski definition) is 2. The molecule has 10 rings (SSSR count). The molecule has 2 N–H and O–H groups in total. The Morgan fingerprint density at radius 2 is 1.25 bits per heavy atom. The van der Waals surface area contributed by atoms with Crippen molar-refractivity contribution >= 4 is 78.0 Å². The molecule has 4 saturated carbocycles. The molecule has 2 heterocycles. The number of nitrogens with one attached hydrogen (secondary N) is 1. The molecule has 0 radical (unpaired) electrons. The standard InChI is InChI=1S/C26H26N2O4.C15H17N.C13H14BrNO4/c1-15-7-10-22(19-6-4-3-5-18(15)19)28(14-16-8-9-16)17-11-23(32-2)24(27-13-17)25(29)20-12-21(20)26(30)31;1-11-6-9-15(16-10-12-7-8-12)14-5-3-2-4-13(11)14;1-3-19-13(17)9-5-8(9)12(16)11-10(18-2)4-7(14)6-15-11/h3-7,10-11,13,16,20-21H,8-9,12,14H2,1-2H3,(H,30,31);2-6,9,12,16H,7-8,10H2,1H3;4,6,8-9H,3,5H2,1-2H3. The lowest BCUT2D eigenvalue weighted by atomic mass is 10.0. The Kier molecular flexibility index (Phi) is 14.5. The van der Waals surface area contributed by atoms with Crippen LogP contribution in [0.2, 0.25) is 0 Å². The number of fused-ring (bicyclic) bond motifs is 2. The second kappa shape index (κ2) is 20.7. The van der Waals surface area contributed by atoms with Crippen molar-refractivity contribution in [2.45, 2.75) is 59.3 Å². The number of methoxy groups -OCH3 is 2. The summed E-state index contributed by atoms with van der Waals surface area (Å²) in [5.41, 5.74) is 6.32. The second-order valence-electron chi connectivity index (χ2n) is 18.0. The molecular weight excluding hydrogens is 913 g/mol. The van der Waals surface area contributed by atoms with Crippen LogP contribution in [0.1, 0.15) is 77.6 Å². The van der Waals surface area contributed by atoms with E-state index in [1.807, 2.05) is 6.07 Å². The molecule has 6 aromatic rings. The summed E-state index contributed by atoms with van der Waals surface area (Å²) >= 11 is 3.27. The summed E-state index contributed by atoms with van der Waals surface area (Å²) in [6.45, 7) is 8.37. The van der Waals surface area contributed by atoms with E-state index in [4.69, 9.17) is 14.2 Å². The summed E-state index contributed by atoms with van der Waals surface area (Å²) < 4.78 is 16.3. The van der Waals surface area contributed by atoms with E-state index >= 15 is 0 Å². The topological polar surface area (TPSA) is 157 Å². The van der Waals surface area contributed by atoms with Gasteiger partial charge in [0.2, 0.25) is 0 Å². The van der Waals surface area contributed by atoms with Gasteiger partial charge in [-0.3, -0.25) is 19.2 Å². The molecule has 0 spiro atoms. The number of nitrogens with zero attached hydrogens (tertiary/aromatic N) is 3. The van der Waals surface area contributed by atoms with Gasteiger partial charge in [0.1, 0.15) is 22.9 Å². The Morgan fingerprint density at radius 3 is 1.85 bits per heavy atom. The third-order valence-corrected chi connectivity index (χ3v) is 13.4. The molecule has 0 saturated heterocycles. The molecule has 67 heavy (non-hydrogen) atoms. The Bertz CT molecular complexity index is 2820. The van der Waals surface area contributed by atoms with Crippen molar-refractivity contribution in [3.8, 4) is 11.5 Å². The lowest BCUT2D eigenvalue weighted by Crippen LogP contribution is -2.21. The normalized spacial score (nSPS) is 18.9. The van der Waals surface area contributed by atoms with Crippen LogP contribution >= 0.6 is 15.9 Å². The third-order valence-electron chi connectivity index (χ3n) is 13.0. The molecule has 0 aliphatic heterocycles. The summed E-state index contributed by atoms with van der Waals surface area (Å²) in [5.74, 6) is -1.10. The van der Waals surface area contributed by atoms with E-state index < -0.39 is 17.8 Å². The minimum atomic E-state index is -0.930. The highest BCUT2D eigenvalue weighted by Crippen LogP contribution is 2.45. The average Bonchev–Trinajstić information content (AvgIpc) is 4.11. The lowest BCUT2D eigenvalue weighted by molar-refractivity contribution is -0.145. The van der Waals surface area contributed by atoms with Crippen LogP contribution in [0.3, 0.4) is 0 Å². The zero-order valence-corrected chi connectivity index (χ0v) is 40.2. The number of carbonyl (C=O) groups excluding carboxylic acids is 3. The number of benzene rings is 4. The quantitative estimate of drug-likeness (QED) is 0.0700. The first-order valence-corrected chi connectivity index (χ1v) is 23.9. The van der Waals surface area contributed by atoms with Crippen LogP contribution in [0.25, 0.3) is 21.5 Å². The maximum absolute atomic E-state index is 12.8. The second-order valence-corrected chi connectivity index (χ2v) is 18.9. The highest BCUT2D eigenvalue weighted by atomic mass is 79.9. The SMILES string of the molecule is CCOC(=O)C1CC1C(=O)c1ncc(Br)cc1OC.COc1cc(N(CC2CC2)c2ccc(C)c3ccccc23)cnc1C(=O)C1CC1C(=O)O.Cc1ccc(NCC2CC2)c2ccccc12. The van der Waals surface area contributed by atoms with Gasteiger partial charge in [-0.25, -0.2) is 9.97 Å². The number of ether oxygens (including phenoxy) is 3. The fourth-order valence-corrected chi connectivity index (χ4v) is 8.85. The predicted molar refractivity (Wildman–Crippen MR) is 264 cm³/mol. The molecule has 4 fully saturated rings. The first-order chi connectivity index (χ1) is 32.4. The number of carbonyl (C=O) groups is 4. The van der Waals surface area contributed by atoms with Gasteiger partial charge < -0.3 is 29.5 Å². The van der Waals surface area contributed by atoms with E-state index in [2.05, 4.69) is 123 Å². The van der Waals surface area contributed by atoms with Crippen molar-refractivity contribution in [1.82, 2.24) is 9.97 Å². The number of ketones is 2. The molecule has 4 atom stereocenters. The van der Waals surface area contributed by atoms with Crippen molar-refractivity contribution in [3.63, 3.8) is 0 Å². The van der Waals surface area contributed by atoms with Crippen molar-refractivity contribution in [3.05, 3.63) is 124 Å². The summed E-state index contributed by atoms with van der Waals surface area (Å²) in [6.07, 6.45) is 9.36. The Morgan fingerprint density at radius 1 is 0.701 bits per heavy atom. The Hall–Kier alpha value is -6.34. The minimum absolute atomic E-state index is 0.164. The molecule has 2 aromatic heterocycles. The van der Waals surface area contributed by atoms with E-state index in [1.54, 1.807) is 19.2 Å². The van der Waals surface area contributed by atoms with Gasteiger partial charge >= 0.3 is 11.9 Å². The number of hydrogen-bond acceptors (Lipinski definition) is 11. The van der Waals surface area contributed by atoms with Crippen molar-refractivity contribution in [1.29, 1.82) is 0 Å². The molecule has 4 aromatic carbocycles. The maximum Gasteiger partial charge on any atom is 0.309 e. The number of aromatic nitrogens is 2. The number of Topliss-reactive ketones (excluding diaryl/α,β-unsaturated/α-hetero) is 2. The fraction of sp³-hybridized carbons (Fsp3) is 0.370. The number of carboxylic acids is 1. The summed E-state index contributed by atoms with van der Waals surface area (Å²) in [4.78, 5) is 58.6. The number of halogens is 1. The smallest absolute Gasteiger partial charge is 0.309 e. The van der Waals surface area contributed by atoms with Crippen LogP contribution in [0.5, 0.6) is 11.5 Å². The zero-order valence-electron chi connectivity index (χ0n) is 38.6. The highest BCUT2D eigenvalue weighted by molar-refractivity contribution is 9.10. The number of anilines is 3. The van der Waals surface area contributed by atoms with Gasteiger partial charge in [-0.2, -0.15) is 0 Å². The van der Waals surface area contributed by atoms with E-state index in [-0.39, 0.29) is 40.8 Å². The van der Waals surface area contributed by atoms with Crippen molar-refractivity contribution < 1.29 is 38.5 Å². The van der Waals surface area contributed by atoms with E-state index in [0.717, 1.165) is 34.9 Å². The Balaban J connectivity index is 0.000000148. The molecular formula is C54H57BrN4O8. The average molecular weight is 970 g/mol. The van der Waals surface area contributed by atoms with Gasteiger partial charge in [-0.1, -0.05) is 60.7 Å². The van der Waals surface area contributed by atoms with Gasteiger partial charge in [0.05, 0.1) is 44.5 Å². The Labute approximate surface area is 399 Å². The van der Waals surface area contributed by atoms with Gasteiger partial charge in [0.25, 0.3) is 0 Å². The van der Waals surface area contributed by atoms with Gasteiger partial charge in [0.15, 0.2) is 11.6 Å². The zero-order chi connectivity index (χ0) is 47.4. The molecule has 4 unspecified atom stereocenters. The van der Waals surface area contributed by atoms with E-state index in [0.29, 0.717) is 36.9 Å². The largest absolute Gasteiger partial charge is 0.494 e. The van der Waals surface area contributed by atoms with Crippen molar-refractivity contribution in [2.75, 3.05) is 44.1 Å². The molecule has 12 nitrogen and oxygen atoms in total. The summed E-state index contributed by atoms with van der Waals surface area (Å²) in [6, 6.07) is 29.3. The van der Waals surface area contributed by atoms with Crippen LogP contribution in [-0.4, -0.2) is 72.5 Å². The van der Waals surface area contributed by atoms with Crippen LogP contribution in [-0.2, 0) is 14.3 Å². The molecule has 0 bridgehead atoms. The summed E-state index contributed by atoms with van der Waals surface area (Å²) in [5, 5.41) is 17.9.